The van der Waals surface area contributed by atoms with Crippen molar-refractivity contribution in [1.29, 1.82) is 0 Å². The summed E-state index contributed by atoms with van der Waals surface area (Å²) in [5.41, 5.74) is 3.92. The van der Waals surface area contributed by atoms with Gasteiger partial charge in [0.15, 0.2) is 5.65 Å². The lowest BCUT2D eigenvalue weighted by atomic mass is 10.2. The molecule has 1 N–H and O–H groups in total. The highest BCUT2D eigenvalue weighted by atomic mass is 16.2. The monoisotopic (exact) mass is 284 g/mol. The third-order valence-electron chi connectivity index (χ3n) is 3.40. The fraction of sp³-hybridized carbons (Fsp3) is 0.286. The van der Waals surface area contributed by atoms with E-state index in [4.69, 9.17) is 0 Å². The maximum Gasteiger partial charge on any atom is 0.257 e. The van der Waals surface area contributed by atoms with Gasteiger partial charge in [0.2, 0.25) is 0 Å². The largest absolute Gasteiger partial charge is 0.337 e. The molecule has 0 aliphatic carbocycles. The average Bonchev–Trinajstić information content (AvgIpc) is 3.07. The minimum absolute atomic E-state index is 0.0868. The van der Waals surface area contributed by atoms with Crippen LogP contribution in [-0.2, 0) is 6.54 Å². The van der Waals surface area contributed by atoms with E-state index in [9.17, 15) is 4.79 Å². The Morgan fingerprint density at radius 2 is 2.19 bits per heavy atom. The van der Waals surface area contributed by atoms with Gasteiger partial charge in [0.1, 0.15) is 0 Å². The van der Waals surface area contributed by atoms with Gasteiger partial charge in [-0.25, -0.2) is 9.50 Å². The number of hydrogen-bond donors (Lipinski definition) is 1. The van der Waals surface area contributed by atoms with Crippen molar-refractivity contribution in [1.82, 2.24) is 29.7 Å². The van der Waals surface area contributed by atoms with E-state index in [0.717, 1.165) is 22.6 Å². The molecule has 1 amide bonds. The number of aryl methyl sites for hydroxylation is 2. The van der Waals surface area contributed by atoms with Crippen LogP contribution in [0.4, 0.5) is 0 Å². The minimum Gasteiger partial charge on any atom is -0.337 e. The second kappa shape index (κ2) is 5.01. The SMILES string of the molecule is Cc1cc2ncc(C(=O)N(C)Cc3cn[nH]c3)c(C)n2n1. The Morgan fingerprint density at radius 1 is 1.38 bits per heavy atom. The number of fused-ring (bicyclic) bond motifs is 1. The number of hydrogen-bond acceptors (Lipinski definition) is 4. The maximum absolute atomic E-state index is 12.6. The van der Waals surface area contributed by atoms with Crippen LogP contribution in [0.1, 0.15) is 27.3 Å². The van der Waals surface area contributed by atoms with Gasteiger partial charge in [0.05, 0.1) is 23.1 Å². The van der Waals surface area contributed by atoms with Crippen molar-refractivity contribution >= 4 is 11.6 Å². The molecule has 0 spiro atoms. The van der Waals surface area contributed by atoms with Crippen molar-refractivity contribution in [2.24, 2.45) is 0 Å². The normalized spacial score (nSPS) is 11.0. The van der Waals surface area contributed by atoms with Crippen LogP contribution in [0.3, 0.4) is 0 Å². The first-order valence-electron chi connectivity index (χ1n) is 6.61. The van der Waals surface area contributed by atoms with E-state index in [1.165, 1.54) is 0 Å². The van der Waals surface area contributed by atoms with Crippen LogP contribution < -0.4 is 0 Å². The Bertz CT molecular complexity index is 789. The summed E-state index contributed by atoms with van der Waals surface area (Å²) in [7, 11) is 1.76. The molecule has 3 aromatic heterocycles. The smallest absolute Gasteiger partial charge is 0.257 e. The van der Waals surface area contributed by atoms with Crippen molar-refractivity contribution in [3.05, 3.63) is 47.2 Å². The molecule has 0 aromatic carbocycles. The number of nitrogens with zero attached hydrogens (tertiary/aromatic N) is 5. The third-order valence-corrected chi connectivity index (χ3v) is 3.40. The molecule has 0 saturated heterocycles. The highest BCUT2D eigenvalue weighted by Gasteiger charge is 2.18. The van der Waals surface area contributed by atoms with Crippen LogP contribution in [0.15, 0.2) is 24.7 Å². The van der Waals surface area contributed by atoms with Gasteiger partial charge in [-0.05, 0) is 13.8 Å². The molecule has 0 aliphatic heterocycles. The fourth-order valence-electron chi connectivity index (χ4n) is 2.29. The lowest BCUT2D eigenvalue weighted by Gasteiger charge is -2.17. The number of amides is 1. The molecule has 108 valence electrons. The Morgan fingerprint density at radius 3 is 2.90 bits per heavy atom. The van der Waals surface area contributed by atoms with Gasteiger partial charge in [-0.2, -0.15) is 10.2 Å². The summed E-state index contributed by atoms with van der Waals surface area (Å²) in [6, 6.07) is 1.89. The van der Waals surface area contributed by atoms with E-state index in [0.29, 0.717) is 12.1 Å². The molecule has 7 heteroatoms. The van der Waals surface area contributed by atoms with Gasteiger partial charge in [0.25, 0.3) is 5.91 Å². The first kappa shape index (κ1) is 13.3. The zero-order valence-electron chi connectivity index (χ0n) is 12.2. The molecule has 3 rings (SSSR count). The second-order valence-electron chi connectivity index (χ2n) is 5.08. The van der Waals surface area contributed by atoms with Crippen LogP contribution in [0.2, 0.25) is 0 Å². The Balaban J connectivity index is 1.92. The van der Waals surface area contributed by atoms with Crippen LogP contribution in [0.25, 0.3) is 5.65 Å². The highest BCUT2D eigenvalue weighted by Crippen LogP contribution is 2.14. The highest BCUT2D eigenvalue weighted by molar-refractivity contribution is 5.95. The minimum atomic E-state index is -0.0868. The standard InChI is InChI=1S/C14H16N6O/c1-9-4-13-15-7-12(10(2)20(13)18-9)14(21)19(3)8-11-5-16-17-6-11/h4-7H,8H2,1-3H3,(H,16,17). The van der Waals surface area contributed by atoms with Gasteiger partial charge in [-0.1, -0.05) is 0 Å². The molecule has 0 saturated carbocycles. The van der Waals surface area contributed by atoms with Crippen molar-refractivity contribution in [3.8, 4) is 0 Å². The first-order chi connectivity index (χ1) is 10.1. The van der Waals surface area contributed by atoms with Crippen LogP contribution in [0, 0.1) is 13.8 Å². The number of rotatable bonds is 3. The summed E-state index contributed by atoms with van der Waals surface area (Å²) < 4.78 is 1.70. The number of carbonyl (C=O) groups excluding carboxylic acids is 1. The van der Waals surface area contributed by atoms with E-state index in [-0.39, 0.29) is 5.91 Å². The quantitative estimate of drug-likeness (QED) is 0.787. The first-order valence-corrected chi connectivity index (χ1v) is 6.61. The van der Waals surface area contributed by atoms with E-state index < -0.39 is 0 Å². The molecule has 3 heterocycles. The average molecular weight is 284 g/mol. The fourth-order valence-corrected chi connectivity index (χ4v) is 2.29. The van der Waals surface area contributed by atoms with Gasteiger partial charge in [0, 0.05) is 37.6 Å². The molecule has 0 atom stereocenters. The van der Waals surface area contributed by atoms with Crippen LogP contribution in [-0.4, -0.2) is 42.7 Å². The molecule has 3 aromatic rings. The summed E-state index contributed by atoms with van der Waals surface area (Å²) in [6.07, 6.45) is 5.09. The van der Waals surface area contributed by atoms with E-state index in [1.54, 1.807) is 35.1 Å². The van der Waals surface area contributed by atoms with E-state index in [1.807, 2.05) is 19.9 Å². The predicted molar refractivity (Wildman–Crippen MR) is 76.8 cm³/mol. The molecular formula is C14H16N6O. The summed E-state index contributed by atoms with van der Waals surface area (Å²) in [5, 5.41) is 11.0. The summed E-state index contributed by atoms with van der Waals surface area (Å²) >= 11 is 0. The van der Waals surface area contributed by atoms with Crippen molar-refractivity contribution in [3.63, 3.8) is 0 Å². The molecular weight excluding hydrogens is 268 g/mol. The van der Waals surface area contributed by atoms with Crippen molar-refractivity contribution in [2.75, 3.05) is 7.05 Å². The number of aromatic nitrogens is 5. The van der Waals surface area contributed by atoms with Crippen molar-refractivity contribution < 1.29 is 4.79 Å². The van der Waals surface area contributed by atoms with Gasteiger partial charge in [-0.3, -0.25) is 9.89 Å². The molecule has 0 fully saturated rings. The number of H-pyrrole nitrogens is 1. The topological polar surface area (TPSA) is 79.2 Å². The van der Waals surface area contributed by atoms with E-state index >= 15 is 0 Å². The zero-order chi connectivity index (χ0) is 15.0. The summed E-state index contributed by atoms with van der Waals surface area (Å²) in [4.78, 5) is 18.5. The molecule has 0 bridgehead atoms. The molecule has 0 aliphatic rings. The summed E-state index contributed by atoms with van der Waals surface area (Å²) in [6.45, 7) is 4.27. The zero-order valence-corrected chi connectivity index (χ0v) is 12.2. The molecule has 7 nitrogen and oxygen atoms in total. The van der Waals surface area contributed by atoms with Gasteiger partial charge < -0.3 is 4.90 Å². The molecule has 0 radical (unpaired) electrons. The third kappa shape index (κ3) is 2.37. The molecule has 0 unspecified atom stereocenters. The number of aromatic amines is 1. The van der Waals surface area contributed by atoms with Gasteiger partial charge >= 0.3 is 0 Å². The predicted octanol–water partition coefficient (Wildman–Crippen LogP) is 1.34. The molecule has 21 heavy (non-hydrogen) atoms. The Hall–Kier alpha value is -2.70. The Kier molecular flexibility index (Phi) is 3.17. The van der Waals surface area contributed by atoms with Crippen LogP contribution >= 0.6 is 0 Å². The van der Waals surface area contributed by atoms with Gasteiger partial charge in [-0.15, -0.1) is 0 Å². The lowest BCUT2D eigenvalue weighted by Crippen LogP contribution is -2.27. The number of carbonyl (C=O) groups is 1. The Labute approximate surface area is 121 Å². The van der Waals surface area contributed by atoms with E-state index in [2.05, 4.69) is 20.3 Å². The lowest BCUT2D eigenvalue weighted by molar-refractivity contribution is 0.0783. The second-order valence-corrected chi connectivity index (χ2v) is 5.08. The summed E-state index contributed by atoms with van der Waals surface area (Å²) in [5.74, 6) is -0.0868. The number of nitrogens with one attached hydrogen (secondary N) is 1. The van der Waals surface area contributed by atoms with Crippen molar-refractivity contribution in [2.45, 2.75) is 20.4 Å². The van der Waals surface area contributed by atoms with Crippen LogP contribution in [0.5, 0.6) is 0 Å². The maximum atomic E-state index is 12.6.